The van der Waals surface area contributed by atoms with Gasteiger partial charge in [0.05, 0.1) is 23.0 Å². The van der Waals surface area contributed by atoms with Crippen molar-refractivity contribution in [2.75, 3.05) is 6.61 Å². The molecule has 0 bridgehead atoms. The maximum Gasteiger partial charge on any atom is 0.339 e. The lowest BCUT2D eigenvalue weighted by molar-refractivity contribution is -0.121. The van der Waals surface area contributed by atoms with Crippen molar-refractivity contribution in [3.63, 3.8) is 0 Å². The van der Waals surface area contributed by atoms with E-state index in [1.807, 2.05) is 42.5 Å². The lowest BCUT2D eigenvalue weighted by Crippen LogP contribution is -2.21. The van der Waals surface area contributed by atoms with Gasteiger partial charge in [0.25, 0.3) is 5.91 Å². The normalized spacial score (nSPS) is 14.5. The quantitative estimate of drug-likeness (QED) is 0.731. The first-order valence-corrected chi connectivity index (χ1v) is 8.25. The van der Waals surface area contributed by atoms with Gasteiger partial charge in [-0.25, -0.2) is 9.78 Å². The van der Waals surface area contributed by atoms with Crippen molar-refractivity contribution in [3.05, 3.63) is 65.2 Å². The summed E-state index contributed by atoms with van der Waals surface area (Å²) in [5.41, 5.74) is 8.85. The predicted octanol–water partition coefficient (Wildman–Crippen LogP) is 2.96. The maximum atomic E-state index is 12.7. The number of hydrogen-bond donors (Lipinski definition) is 1. The van der Waals surface area contributed by atoms with Crippen LogP contribution in [0.2, 0.25) is 0 Å². The van der Waals surface area contributed by atoms with Crippen LogP contribution in [0.15, 0.2) is 47.1 Å². The Balaban J connectivity index is 1.86. The molecular formula is C20H16N2O4. The van der Waals surface area contributed by atoms with Crippen LogP contribution in [0.3, 0.4) is 0 Å². The summed E-state index contributed by atoms with van der Waals surface area (Å²) in [6, 6.07) is 11.1. The van der Waals surface area contributed by atoms with E-state index >= 15 is 0 Å². The minimum absolute atomic E-state index is 0.445. The Kier molecular flexibility index (Phi) is 4.01. The lowest BCUT2D eigenvalue weighted by atomic mass is 10.0. The number of para-hydroxylation sites is 1. The Hall–Kier alpha value is -3.41. The summed E-state index contributed by atoms with van der Waals surface area (Å²) in [5, 5.41) is 0.708. The number of pyridine rings is 1. The number of esters is 1. The number of furan rings is 1. The summed E-state index contributed by atoms with van der Waals surface area (Å²) < 4.78 is 10.5. The minimum Gasteiger partial charge on any atom is -0.465 e. The average Bonchev–Trinajstić information content (AvgIpc) is 3.28. The molecule has 0 saturated carbocycles. The Labute approximate surface area is 149 Å². The number of nitrogens with two attached hydrogens (primary N) is 1. The summed E-state index contributed by atoms with van der Waals surface area (Å²) >= 11 is 0. The van der Waals surface area contributed by atoms with Crippen molar-refractivity contribution in [1.82, 2.24) is 4.98 Å². The van der Waals surface area contributed by atoms with Gasteiger partial charge in [0, 0.05) is 5.39 Å². The average molecular weight is 348 g/mol. The first-order valence-electron chi connectivity index (χ1n) is 8.25. The Morgan fingerprint density at radius 2 is 2.04 bits per heavy atom. The fourth-order valence-corrected chi connectivity index (χ4v) is 3.27. The topological polar surface area (TPSA) is 95.4 Å². The molecule has 6 heteroatoms. The number of benzene rings is 1. The van der Waals surface area contributed by atoms with E-state index in [1.165, 1.54) is 0 Å². The highest BCUT2D eigenvalue weighted by atomic mass is 16.5. The van der Waals surface area contributed by atoms with Gasteiger partial charge in [-0.3, -0.25) is 4.79 Å². The highest BCUT2D eigenvalue weighted by molar-refractivity contribution is 6.07. The highest BCUT2D eigenvalue weighted by Crippen LogP contribution is 2.37. The zero-order valence-electron chi connectivity index (χ0n) is 13.9. The molecule has 3 aromatic rings. The molecule has 0 atom stereocenters. The van der Waals surface area contributed by atoms with E-state index in [2.05, 4.69) is 0 Å². The predicted molar refractivity (Wildman–Crippen MR) is 96.1 cm³/mol. The van der Waals surface area contributed by atoms with Crippen LogP contribution in [0.25, 0.3) is 22.6 Å². The molecule has 0 aliphatic heterocycles. The third-order valence-electron chi connectivity index (χ3n) is 4.35. The number of primary amides is 1. The van der Waals surface area contributed by atoms with Gasteiger partial charge in [-0.05, 0) is 48.3 Å². The van der Waals surface area contributed by atoms with Crippen LogP contribution in [-0.2, 0) is 16.0 Å². The largest absolute Gasteiger partial charge is 0.465 e. The summed E-state index contributed by atoms with van der Waals surface area (Å²) in [7, 11) is 0. The molecule has 0 saturated heterocycles. The first kappa shape index (κ1) is 16.1. The molecule has 2 N–H and O–H groups in total. The standard InChI is InChI=1S/C20H16N2O4/c21-17(23)11-26-20(24)18-14-5-1-2-6-16(14)22-19-12(7-8-15(18)19)10-13-4-3-9-25-13/h1-6,9-10H,7-8,11H2,(H2,21,23). The Morgan fingerprint density at radius 3 is 2.81 bits per heavy atom. The first-order chi connectivity index (χ1) is 12.6. The minimum atomic E-state index is -0.688. The molecule has 4 rings (SSSR count). The monoisotopic (exact) mass is 348 g/mol. The molecule has 0 spiro atoms. The van der Waals surface area contributed by atoms with Crippen LogP contribution in [0.4, 0.5) is 0 Å². The third kappa shape index (κ3) is 2.86. The van der Waals surface area contributed by atoms with E-state index in [1.54, 1.807) is 6.26 Å². The number of amides is 1. The molecule has 1 aromatic carbocycles. The van der Waals surface area contributed by atoms with E-state index in [4.69, 9.17) is 19.9 Å². The van der Waals surface area contributed by atoms with Gasteiger partial charge in [-0.1, -0.05) is 18.2 Å². The molecule has 0 unspecified atom stereocenters. The maximum absolute atomic E-state index is 12.7. The summed E-state index contributed by atoms with van der Waals surface area (Å²) in [5.74, 6) is -0.509. The number of carbonyl (C=O) groups excluding carboxylic acids is 2. The molecule has 6 nitrogen and oxygen atoms in total. The van der Waals surface area contributed by atoms with E-state index in [0.717, 1.165) is 29.0 Å². The van der Waals surface area contributed by atoms with Gasteiger partial charge >= 0.3 is 5.97 Å². The molecule has 1 aliphatic carbocycles. The number of nitrogens with zero attached hydrogens (tertiary/aromatic N) is 1. The number of fused-ring (bicyclic) bond motifs is 2. The van der Waals surface area contributed by atoms with Crippen LogP contribution in [0.1, 0.15) is 33.8 Å². The number of aromatic nitrogens is 1. The van der Waals surface area contributed by atoms with Crippen LogP contribution < -0.4 is 5.73 Å². The molecule has 1 aliphatic rings. The lowest BCUT2D eigenvalue weighted by Gasteiger charge is -2.11. The number of carbonyl (C=O) groups is 2. The van der Waals surface area contributed by atoms with Gasteiger partial charge in [0.1, 0.15) is 5.76 Å². The zero-order chi connectivity index (χ0) is 18.1. The molecular weight excluding hydrogens is 332 g/mol. The number of allylic oxidation sites excluding steroid dienone is 1. The molecule has 0 radical (unpaired) electrons. The summed E-state index contributed by atoms with van der Waals surface area (Å²) in [6.07, 6.45) is 4.96. The molecule has 26 heavy (non-hydrogen) atoms. The molecule has 1 amide bonds. The molecule has 130 valence electrons. The number of rotatable bonds is 4. The van der Waals surface area contributed by atoms with E-state index in [0.29, 0.717) is 22.9 Å². The zero-order valence-corrected chi connectivity index (χ0v) is 13.9. The van der Waals surface area contributed by atoms with Gasteiger partial charge in [0.2, 0.25) is 0 Å². The molecule has 0 fully saturated rings. The van der Waals surface area contributed by atoms with Crippen molar-refractivity contribution in [2.45, 2.75) is 12.8 Å². The van der Waals surface area contributed by atoms with Gasteiger partial charge in [-0.15, -0.1) is 0 Å². The van der Waals surface area contributed by atoms with Gasteiger partial charge in [-0.2, -0.15) is 0 Å². The van der Waals surface area contributed by atoms with Crippen LogP contribution in [0.5, 0.6) is 0 Å². The molecule has 2 heterocycles. The van der Waals surface area contributed by atoms with Crippen molar-refractivity contribution in [3.8, 4) is 0 Å². The summed E-state index contributed by atoms with van der Waals surface area (Å²) in [6.45, 7) is -0.445. The second-order valence-electron chi connectivity index (χ2n) is 6.06. The van der Waals surface area contributed by atoms with Gasteiger partial charge < -0.3 is 14.9 Å². The number of ether oxygens (including phenoxy) is 1. The molecule has 2 aromatic heterocycles. The Bertz CT molecular complexity index is 1040. The van der Waals surface area contributed by atoms with E-state index in [-0.39, 0.29) is 0 Å². The van der Waals surface area contributed by atoms with Crippen molar-refractivity contribution in [2.24, 2.45) is 5.73 Å². The highest BCUT2D eigenvalue weighted by Gasteiger charge is 2.27. The van der Waals surface area contributed by atoms with Crippen molar-refractivity contribution >= 4 is 34.4 Å². The smallest absolute Gasteiger partial charge is 0.339 e. The van der Waals surface area contributed by atoms with Crippen molar-refractivity contribution < 1.29 is 18.7 Å². The second kappa shape index (κ2) is 6.48. The van der Waals surface area contributed by atoms with Crippen molar-refractivity contribution in [1.29, 1.82) is 0 Å². The Morgan fingerprint density at radius 1 is 1.19 bits per heavy atom. The fraction of sp³-hybridized carbons (Fsp3) is 0.150. The van der Waals surface area contributed by atoms with Crippen LogP contribution >= 0.6 is 0 Å². The number of hydrogen-bond acceptors (Lipinski definition) is 5. The summed E-state index contributed by atoms with van der Waals surface area (Å²) in [4.78, 5) is 28.4. The van der Waals surface area contributed by atoms with Gasteiger partial charge in [0.15, 0.2) is 6.61 Å². The van der Waals surface area contributed by atoms with E-state index < -0.39 is 18.5 Å². The van der Waals surface area contributed by atoms with Crippen LogP contribution in [0, 0.1) is 0 Å². The van der Waals surface area contributed by atoms with E-state index in [9.17, 15) is 9.59 Å². The van der Waals surface area contributed by atoms with Crippen LogP contribution in [-0.4, -0.2) is 23.5 Å². The fourth-order valence-electron chi connectivity index (χ4n) is 3.27. The second-order valence-corrected chi connectivity index (χ2v) is 6.06. The SMILES string of the molecule is NC(=O)COC(=O)c1c2c(nc3ccccc13)C(=Cc1ccco1)CC2. The third-order valence-corrected chi connectivity index (χ3v) is 4.35.